The first kappa shape index (κ1) is 17.0. The molecule has 0 N–H and O–H groups in total. The van der Waals surface area contributed by atoms with E-state index in [1.165, 1.54) is 6.42 Å². The number of rotatable bonds is 4. The number of hydrogen-bond donors (Lipinski definition) is 0. The molecule has 1 saturated heterocycles. The summed E-state index contributed by atoms with van der Waals surface area (Å²) in [5.74, 6) is 0.239. The third-order valence-corrected chi connectivity index (χ3v) is 4.16. The number of nitrogens with zero attached hydrogens (tertiary/aromatic N) is 2. The van der Waals surface area contributed by atoms with Gasteiger partial charge in [-0.15, -0.1) is 0 Å². The lowest BCUT2D eigenvalue weighted by molar-refractivity contribution is -0.138. The molecule has 1 rings (SSSR count). The summed E-state index contributed by atoms with van der Waals surface area (Å²) in [5, 5.41) is 0. The Morgan fingerprint density at radius 1 is 1.25 bits per heavy atom. The van der Waals surface area contributed by atoms with Crippen LogP contribution in [-0.2, 0) is 9.59 Å². The minimum absolute atomic E-state index is 0.0379. The van der Waals surface area contributed by atoms with E-state index in [9.17, 15) is 9.59 Å². The largest absolute Gasteiger partial charge is 0.340 e. The summed E-state index contributed by atoms with van der Waals surface area (Å²) in [4.78, 5) is 27.9. The van der Waals surface area contributed by atoms with Crippen LogP contribution in [0.1, 0.15) is 66.7 Å². The molecule has 4 heteroatoms. The summed E-state index contributed by atoms with van der Waals surface area (Å²) < 4.78 is 0. The fourth-order valence-corrected chi connectivity index (χ4v) is 3.07. The van der Waals surface area contributed by atoms with E-state index in [4.69, 9.17) is 0 Å². The van der Waals surface area contributed by atoms with E-state index in [0.717, 1.165) is 25.8 Å². The second-order valence-corrected chi connectivity index (χ2v) is 6.74. The fourth-order valence-electron chi connectivity index (χ4n) is 3.07. The average Bonchev–Trinajstić information content (AvgIpc) is 2.36. The number of piperidine rings is 1. The van der Waals surface area contributed by atoms with Crippen LogP contribution in [0.15, 0.2) is 0 Å². The molecular weight excluding hydrogens is 252 g/mol. The lowest BCUT2D eigenvalue weighted by Crippen LogP contribution is -2.48. The van der Waals surface area contributed by atoms with Crippen molar-refractivity contribution in [3.63, 3.8) is 0 Å². The van der Waals surface area contributed by atoms with Gasteiger partial charge in [-0.25, -0.2) is 0 Å². The molecule has 116 valence electrons. The Hall–Kier alpha value is -1.06. The van der Waals surface area contributed by atoms with Crippen molar-refractivity contribution in [1.29, 1.82) is 0 Å². The molecule has 1 unspecified atom stereocenters. The van der Waals surface area contributed by atoms with Crippen LogP contribution in [0.4, 0.5) is 0 Å². The Morgan fingerprint density at radius 2 is 1.90 bits per heavy atom. The average molecular weight is 282 g/mol. The summed E-state index contributed by atoms with van der Waals surface area (Å²) >= 11 is 0. The highest BCUT2D eigenvalue weighted by molar-refractivity contribution is 5.78. The van der Waals surface area contributed by atoms with Crippen molar-refractivity contribution in [3.8, 4) is 0 Å². The summed E-state index contributed by atoms with van der Waals surface area (Å²) in [7, 11) is 0. The van der Waals surface area contributed by atoms with Crippen LogP contribution in [0.3, 0.4) is 0 Å². The topological polar surface area (TPSA) is 40.6 Å². The van der Waals surface area contributed by atoms with Gasteiger partial charge in [0.05, 0.1) is 0 Å². The number of hydrogen-bond acceptors (Lipinski definition) is 2. The normalized spacial score (nSPS) is 19.9. The third-order valence-electron chi connectivity index (χ3n) is 4.16. The molecule has 0 saturated carbocycles. The molecule has 0 aromatic carbocycles. The maximum absolute atomic E-state index is 12.4. The molecule has 0 radical (unpaired) electrons. The van der Waals surface area contributed by atoms with Gasteiger partial charge >= 0.3 is 0 Å². The highest BCUT2D eigenvalue weighted by atomic mass is 16.2. The van der Waals surface area contributed by atoms with Gasteiger partial charge in [-0.05, 0) is 46.5 Å². The molecule has 1 atom stereocenters. The molecule has 0 spiro atoms. The SMILES string of the molecule is CCC1CCCCN1C(=O)CCN(C(C)=O)C(C)(C)C. The van der Waals surface area contributed by atoms with Crippen LogP contribution in [0.5, 0.6) is 0 Å². The van der Waals surface area contributed by atoms with Gasteiger partial charge in [0.2, 0.25) is 11.8 Å². The van der Waals surface area contributed by atoms with Crippen molar-refractivity contribution in [3.05, 3.63) is 0 Å². The Labute approximate surface area is 123 Å². The van der Waals surface area contributed by atoms with Crippen LogP contribution >= 0.6 is 0 Å². The van der Waals surface area contributed by atoms with E-state index in [1.54, 1.807) is 11.8 Å². The van der Waals surface area contributed by atoms with Crippen molar-refractivity contribution in [2.45, 2.75) is 78.3 Å². The van der Waals surface area contributed by atoms with E-state index in [1.807, 2.05) is 25.7 Å². The predicted octanol–water partition coefficient (Wildman–Crippen LogP) is 2.81. The van der Waals surface area contributed by atoms with Crippen molar-refractivity contribution in [2.24, 2.45) is 0 Å². The number of carbonyl (C=O) groups excluding carboxylic acids is 2. The maximum atomic E-state index is 12.4. The Kier molecular flexibility index (Phi) is 6.03. The van der Waals surface area contributed by atoms with E-state index in [2.05, 4.69) is 6.92 Å². The van der Waals surface area contributed by atoms with Crippen molar-refractivity contribution in [1.82, 2.24) is 9.80 Å². The molecule has 1 aliphatic rings. The van der Waals surface area contributed by atoms with Gasteiger partial charge in [-0.3, -0.25) is 9.59 Å². The summed E-state index contributed by atoms with van der Waals surface area (Å²) in [6.07, 6.45) is 4.93. The summed E-state index contributed by atoms with van der Waals surface area (Å²) in [6.45, 7) is 11.1. The second kappa shape index (κ2) is 7.09. The molecule has 0 aromatic rings. The zero-order chi connectivity index (χ0) is 15.3. The number of carbonyl (C=O) groups is 2. The van der Waals surface area contributed by atoms with Crippen LogP contribution in [0.25, 0.3) is 0 Å². The van der Waals surface area contributed by atoms with Gasteiger partial charge in [0.25, 0.3) is 0 Å². The van der Waals surface area contributed by atoms with Crippen LogP contribution < -0.4 is 0 Å². The zero-order valence-corrected chi connectivity index (χ0v) is 13.7. The molecule has 1 aliphatic heterocycles. The minimum atomic E-state index is -0.224. The predicted molar refractivity (Wildman–Crippen MR) is 81.4 cm³/mol. The highest BCUT2D eigenvalue weighted by Gasteiger charge is 2.28. The monoisotopic (exact) mass is 282 g/mol. The quantitative estimate of drug-likeness (QED) is 0.795. The van der Waals surface area contributed by atoms with E-state index in [0.29, 0.717) is 19.0 Å². The van der Waals surface area contributed by atoms with Gasteiger partial charge in [-0.2, -0.15) is 0 Å². The number of likely N-dealkylation sites (tertiary alicyclic amines) is 1. The molecule has 2 amide bonds. The van der Waals surface area contributed by atoms with Gasteiger partial charge < -0.3 is 9.80 Å². The maximum Gasteiger partial charge on any atom is 0.224 e. The lowest BCUT2D eigenvalue weighted by atomic mass is 9.99. The van der Waals surface area contributed by atoms with E-state index in [-0.39, 0.29) is 17.4 Å². The molecule has 0 aromatic heterocycles. The van der Waals surface area contributed by atoms with E-state index < -0.39 is 0 Å². The van der Waals surface area contributed by atoms with E-state index >= 15 is 0 Å². The van der Waals surface area contributed by atoms with Crippen molar-refractivity contribution < 1.29 is 9.59 Å². The fraction of sp³-hybridized carbons (Fsp3) is 0.875. The van der Waals surface area contributed by atoms with Gasteiger partial charge in [0.1, 0.15) is 0 Å². The van der Waals surface area contributed by atoms with Gasteiger partial charge in [0.15, 0.2) is 0 Å². The standard InChI is InChI=1S/C16H30N2O2/c1-6-14-9-7-8-11-17(14)15(20)10-12-18(13(2)19)16(3,4)5/h14H,6-12H2,1-5H3. The molecular formula is C16H30N2O2. The third kappa shape index (κ3) is 4.50. The molecule has 1 heterocycles. The number of amides is 2. The van der Waals surface area contributed by atoms with Crippen molar-refractivity contribution in [2.75, 3.05) is 13.1 Å². The summed E-state index contributed by atoms with van der Waals surface area (Å²) in [5.41, 5.74) is -0.224. The van der Waals surface area contributed by atoms with Gasteiger partial charge in [-0.1, -0.05) is 6.92 Å². The van der Waals surface area contributed by atoms with Crippen LogP contribution in [0.2, 0.25) is 0 Å². The zero-order valence-electron chi connectivity index (χ0n) is 13.7. The minimum Gasteiger partial charge on any atom is -0.340 e. The molecule has 20 heavy (non-hydrogen) atoms. The van der Waals surface area contributed by atoms with Crippen molar-refractivity contribution >= 4 is 11.8 Å². The Balaban J connectivity index is 2.59. The molecule has 4 nitrogen and oxygen atoms in total. The lowest BCUT2D eigenvalue weighted by Gasteiger charge is -2.38. The smallest absolute Gasteiger partial charge is 0.224 e. The Bertz CT molecular complexity index is 347. The first-order valence-corrected chi connectivity index (χ1v) is 7.85. The summed E-state index contributed by atoms with van der Waals surface area (Å²) in [6, 6.07) is 0.400. The van der Waals surface area contributed by atoms with Crippen LogP contribution in [0, 0.1) is 0 Å². The Morgan fingerprint density at radius 3 is 2.40 bits per heavy atom. The van der Waals surface area contributed by atoms with Gasteiger partial charge in [0, 0.05) is 38.0 Å². The highest BCUT2D eigenvalue weighted by Crippen LogP contribution is 2.21. The first-order valence-electron chi connectivity index (χ1n) is 7.85. The second-order valence-electron chi connectivity index (χ2n) is 6.74. The molecule has 0 aliphatic carbocycles. The molecule has 1 fully saturated rings. The van der Waals surface area contributed by atoms with Crippen LogP contribution in [-0.4, -0.2) is 46.3 Å². The first-order chi connectivity index (χ1) is 9.27. The molecule has 0 bridgehead atoms.